The van der Waals surface area contributed by atoms with Crippen LogP contribution < -0.4 is 5.32 Å². The molecule has 3 aromatic heterocycles. The predicted molar refractivity (Wildman–Crippen MR) is 107 cm³/mol. The summed E-state index contributed by atoms with van der Waals surface area (Å²) in [5.41, 5.74) is 4.04. The fraction of sp³-hybridized carbons (Fsp3) is 0.200. The number of imidazole rings is 1. The zero-order valence-electron chi connectivity index (χ0n) is 15.8. The van der Waals surface area contributed by atoms with Gasteiger partial charge in [-0.05, 0) is 32.3 Å². The van der Waals surface area contributed by atoms with Crippen LogP contribution in [0, 0.1) is 0 Å². The van der Waals surface area contributed by atoms with Gasteiger partial charge in [-0.1, -0.05) is 29.9 Å². The first-order chi connectivity index (χ1) is 13.6. The molecule has 1 N–H and O–H groups in total. The largest absolute Gasteiger partial charge is 0.380 e. The molecule has 0 aliphatic heterocycles. The second-order valence-corrected chi connectivity index (χ2v) is 6.67. The first kappa shape index (κ1) is 17.9. The molecule has 3 heterocycles. The average molecular weight is 375 g/mol. The second kappa shape index (κ2) is 7.61. The summed E-state index contributed by atoms with van der Waals surface area (Å²) in [6.45, 7) is 5.61. The van der Waals surface area contributed by atoms with Crippen molar-refractivity contribution in [2.75, 3.05) is 27.2 Å². The number of nitrogens with one attached hydrogen (secondary N) is 1. The number of aromatic nitrogens is 5. The Labute approximate surface area is 162 Å². The monoisotopic (exact) mass is 375 g/mol. The lowest BCUT2D eigenvalue weighted by Gasteiger charge is -2.10. The van der Waals surface area contributed by atoms with Gasteiger partial charge in [-0.25, -0.2) is 9.50 Å². The Bertz CT molecular complexity index is 1080. The van der Waals surface area contributed by atoms with Gasteiger partial charge in [-0.15, -0.1) is 0 Å². The Morgan fingerprint density at radius 2 is 2.04 bits per heavy atom. The van der Waals surface area contributed by atoms with Crippen LogP contribution in [-0.2, 0) is 0 Å². The van der Waals surface area contributed by atoms with E-state index in [-0.39, 0.29) is 0 Å². The van der Waals surface area contributed by atoms with E-state index in [2.05, 4.69) is 37.0 Å². The lowest BCUT2D eigenvalue weighted by atomic mass is 10.1. The molecule has 0 saturated carbocycles. The fourth-order valence-electron chi connectivity index (χ4n) is 2.76. The average Bonchev–Trinajstić information content (AvgIpc) is 3.35. The Morgan fingerprint density at radius 1 is 1.18 bits per heavy atom. The zero-order chi connectivity index (χ0) is 19.5. The van der Waals surface area contributed by atoms with Crippen LogP contribution in [-0.4, -0.2) is 56.8 Å². The van der Waals surface area contributed by atoms with E-state index in [9.17, 15) is 0 Å². The summed E-state index contributed by atoms with van der Waals surface area (Å²) >= 11 is 0. The summed E-state index contributed by atoms with van der Waals surface area (Å²) in [4.78, 5) is 11.2. The van der Waals surface area contributed by atoms with Gasteiger partial charge >= 0.3 is 0 Å². The van der Waals surface area contributed by atoms with Crippen molar-refractivity contribution in [3.05, 3.63) is 61.3 Å². The van der Waals surface area contributed by atoms with E-state index in [1.807, 2.05) is 56.7 Å². The molecule has 28 heavy (non-hydrogen) atoms. The molecule has 0 fully saturated rings. The number of hydrogen-bond donors (Lipinski definition) is 1. The van der Waals surface area contributed by atoms with Gasteiger partial charge in [0.05, 0.1) is 17.6 Å². The highest BCUT2D eigenvalue weighted by Gasteiger charge is 2.13. The topological polar surface area (TPSA) is 84.4 Å². The van der Waals surface area contributed by atoms with Crippen LogP contribution >= 0.6 is 0 Å². The number of benzene rings is 1. The number of hydrogen-bond acceptors (Lipinski definition) is 7. The third-order valence-corrected chi connectivity index (χ3v) is 4.23. The number of nitrogens with zero attached hydrogens (tertiary/aromatic N) is 6. The quantitative estimate of drug-likeness (QED) is 0.531. The van der Waals surface area contributed by atoms with E-state index < -0.39 is 0 Å². The first-order valence-electron chi connectivity index (χ1n) is 8.93. The number of rotatable bonds is 7. The Balaban J connectivity index is 1.55. The molecule has 0 amide bonds. The van der Waals surface area contributed by atoms with Gasteiger partial charge in [0.2, 0.25) is 5.82 Å². The van der Waals surface area contributed by atoms with Crippen molar-refractivity contribution < 1.29 is 4.52 Å². The van der Waals surface area contributed by atoms with Crippen LogP contribution in [0.1, 0.15) is 5.89 Å². The second-order valence-electron chi connectivity index (χ2n) is 6.67. The highest BCUT2D eigenvalue weighted by Crippen LogP contribution is 2.25. The standard InChI is InChI=1S/C20H21N7O/c1-14(21-10-11-26(2)3)20-24-19(25-28-20)16-7-4-6-15(12-16)17-13-27-18(23-17)8-5-9-22-27/h4-9,12-13,21H,1,10-11H2,2-3H3. The van der Waals surface area contributed by atoms with Crippen LogP contribution in [0.3, 0.4) is 0 Å². The Morgan fingerprint density at radius 3 is 2.86 bits per heavy atom. The summed E-state index contributed by atoms with van der Waals surface area (Å²) in [5, 5.41) is 11.5. The zero-order valence-corrected chi connectivity index (χ0v) is 15.8. The van der Waals surface area contributed by atoms with E-state index >= 15 is 0 Å². The van der Waals surface area contributed by atoms with E-state index in [4.69, 9.17) is 4.52 Å². The summed E-state index contributed by atoms with van der Waals surface area (Å²) < 4.78 is 7.11. The lowest BCUT2D eigenvalue weighted by Crippen LogP contribution is -2.25. The van der Waals surface area contributed by atoms with Crippen molar-refractivity contribution in [3.63, 3.8) is 0 Å². The van der Waals surface area contributed by atoms with E-state index in [0.717, 1.165) is 35.6 Å². The van der Waals surface area contributed by atoms with Crippen LogP contribution in [0.4, 0.5) is 0 Å². The Kier molecular flexibility index (Phi) is 4.86. The predicted octanol–water partition coefficient (Wildman–Crippen LogP) is 2.57. The van der Waals surface area contributed by atoms with Gasteiger partial charge in [0.25, 0.3) is 5.89 Å². The van der Waals surface area contributed by atoms with Gasteiger partial charge in [-0.3, -0.25) is 0 Å². The summed E-state index contributed by atoms with van der Waals surface area (Å²) in [5.74, 6) is 0.894. The van der Waals surface area contributed by atoms with Crippen molar-refractivity contribution >= 4 is 11.3 Å². The minimum atomic E-state index is 0.385. The minimum absolute atomic E-state index is 0.385. The van der Waals surface area contributed by atoms with Crippen molar-refractivity contribution in [2.45, 2.75) is 0 Å². The van der Waals surface area contributed by atoms with Crippen LogP contribution in [0.2, 0.25) is 0 Å². The van der Waals surface area contributed by atoms with Gasteiger partial charge in [0, 0.05) is 30.4 Å². The number of fused-ring (bicyclic) bond motifs is 1. The van der Waals surface area contributed by atoms with Crippen molar-refractivity contribution in [1.82, 2.24) is 35.0 Å². The third-order valence-electron chi connectivity index (χ3n) is 4.23. The van der Waals surface area contributed by atoms with Crippen LogP contribution in [0.5, 0.6) is 0 Å². The molecule has 0 aliphatic rings. The molecular formula is C20H21N7O. The minimum Gasteiger partial charge on any atom is -0.380 e. The van der Waals surface area contributed by atoms with Gasteiger partial charge < -0.3 is 14.7 Å². The van der Waals surface area contributed by atoms with E-state index in [1.54, 1.807) is 10.7 Å². The van der Waals surface area contributed by atoms with E-state index in [0.29, 0.717) is 17.4 Å². The van der Waals surface area contributed by atoms with Crippen molar-refractivity contribution in [2.24, 2.45) is 0 Å². The van der Waals surface area contributed by atoms with Gasteiger partial charge in [0.1, 0.15) is 0 Å². The molecule has 0 saturated heterocycles. The molecule has 1 aromatic carbocycles. The molecule has 0 aliphatic carbocycles. The van der Waals surface area contributed by atoms with Crippen LogP contribution in [0.15, 0.2) is 59.9 Å². The molecule has 8 heteroatoms. The van der Waals surface area contributed by atoms with E-state index in [1.165, 1.54) is 0 Å². The fourth-order valence-corrected chi connectivity index (χ4v) is 2.76. The van der Waals surface area contributed by atoms with Crippen LogP contribution in [0.25, 0.3) is 34.0 Å². The highest BCUT2D eigenvalue weighted by molar-refractivity contribution is 5.69. The molecule has 4 aromatic rings. The smallest absolute Gasteiger partial charge is 0.273 e. The summed E-state index contributed by atoms with van der Waals surface area (Å²) in [6.07, 6.45) is 3.63. The lowest BCUT2D eigenvalue weighted by molar-refractivity contribution is 0.396. The van der Waals surface area contributed by atoms with Gasteiger partial charge in [-0.2, -0.15) is 10.1 Å². The molecule has 8 nitrogen and oxygen atoms in total. The van der Waals surface area contributed by atoms with Crippen molar-refractivity contribution in [1.29, 1.82) is 0 Å². The van der Waals surface area contributed by atoms with Crippen molar-refractivity contribution in [3.8, 4) is 22.6 Å². The molecule has 0 radical (unpaired) electrons. The maximum Gasteiger partial charge on any atom is 0.273 e. The molecular weight excluding hydrogens is 354 g/mol. The maximum atomic E-state index is 5.37. The summed E-state index contributed by atoms with van der Waals surface area (Å²) in [6, 6.07) is 11.6. The maximum absolute atomic E-state index is 5.37. The molecule has 0 spiro atoms. The van der Waals surface area contributed by atoms with Gasteiger partial charge in [0.15, 0.2) is 5.65 Å². The molecule has 4 rings (SSSR count). The SMILES string of the molecule is C=C(NCCN(C)C)c1nc(-c2cccc(-c3cn4ncccc4n3)c2)no1. The molecule has 0 unspecified atom stereocenters. The normalized spacial score (nSPS) is 11.2. The molecule has 0 bridgehead atoms. The Hall–Kier alpha value is -3.52. The number of likely N-dealkylation sites (N-methyl/N-ethyl adjacent to an activating group) is 1. The highest BCUT2D eigenvalue weighted by atomic mass is 16.5. The third kappa shape index (κ3) is 3.77. The first-order valence-corrected chi connectivity index (χ1v) is 8.93. The molecule has 0 atom stereocenters. The molecule has 142 valence electrons. The summed E-state index contributed by atoms with van der Waals surface area (Å²) in [7, 11) is 4.03.